The summed E-state index contributed by atoms with van der Waals surface area (Å²) in [5.74, 6) is 0.878. The van der Waals surface area contributed by atoms with Gasteiger partial charge in [-0.1, -0.05) is 42.1 Å². The predicted octanol–water partition coefficient (Wildman–Crippen LogP) is 3.89. The van der Waals surface area contributed by atoms with E-state index < -0.39 is 0 Å². The maximum atomic E-state index is 10.3. The number of phenols is 2. The Labute approximate surface area is 175 Å². The number of methoxy groups -OCH3 is 1. The molecule has 7 nitrogen and oxygen atoms in total. The molecular formula is C23H26N4O3. The molecule has 3 aromatic rings. The van der Waals surface area contributed by atoms with E-state index in [9.17, 15) is 10.2 Å². The van der Waals surface area contributed by atoms with Crippen molar-refractivity contribution in [2.24, 2.45) is 0 Å². The molecule has 0 aliphatic carbocycles. The summed E-state index contributed by atoms with van der Waals surface area (Å²) in [4.78, 5) is 2.29. The zero-order valence-corrected chi connectivity index (χ0v) is 17.0. The number of aromatic nitrogens is 3. The molecule has 0 saturated carbocycles. The Kier molecular flexibility index (Phi) is 5.61. The van der Waals surface area contributed by atoms with Crippen molar-refractivity contribution in [2.75, 3.05) is 13.7 Å². The maximum Gasteiger partial charge on any atom is 0.135 e. The third-order valence-corrected chi connectivity index (χ3v) is 5.57. The monoisotopic (exact) mass is 406 g/mol. The summed E-state index contributed by atoms with van der Waals surface area (Å²) >= 11 is 0. The van der Waals surface area contributed by atoms with Crippen LogP contribution in [0.2, 0.25) is 0 Å². The fraction of sp³-hybridized carbons (Fsp3) is 0.304. The zero-order chi connectivity index (χ0) is 21.1. The van der Waals surface area contributed by atoms with Crippen molar-refractivity contribution in [3.8, 4) is 28.5 Å². The lowest BCUT2D eigenvalue weighted by atomic mass is 9.96. The van der Waals surface area contributed by atoms with Crippen molar-refractivity contribution in [1.29, 1.82) is 0 Å². The van der Waals surface area contributed by atoms with Crippen molar-refractivity contribution >= 4 is 5.82 Å². The third-order valence-electron chi connectivity index (χ3n) is 5.57. The molecule has 1 aliphatic heterocycles. The molecule has 0 radical (unpaired) electrons. The van der Waals surface area contributed by atoms with E-state index in [2.05, 4.69) is 46.1 Å². The normalized spacial score (nSPS) is 16.4. The number of ether oxygens (including phenoxy) is 1. The van der Waals surface area contributed by atoms with Gasteiger partial charge in [-0.05, 0) is 31.2 Å². The van der Waals surface area contributed by atoms with Gasteiger partial charge in [0, 0.05) is 24.7 Å². The van der Waals surface area contributed by atoms with Gasteiger partial charge in [0.25, 0.3) is 0 Å². The fourth-order valence-corrected chi connectivity index (χ4v) is 4.08. The Bertz CT molecular complexity index is 1030. The standard InChI is InChI=1S/C23H26N4O3/c1-16(26-11-7-6-10-18(26)12-17-8-4-3-5-9-17)27-15-20(24-25-27)23-21(29)13-19(28)14-22(23)30-2/h3-5,8-9,13-15,18,28-29H,1,6-7,10-12H2,2H3. The highest BCUT2D eigenvalue weighted by Gasteiger charge is 2.26. The van der Waals surface area contributed by atoms with Crippen LogP contribution in [0.3, 0.4) is 0 Å². The van der Waals surface area contributed by atoms with E-state index in [1.165, 1.54) is 31.2 Å². The summed E-state index contributed by atoms with van der Waals surface area (Å²) < 4.78 is 6.94. The Morgan fingerprint density at radius 2 is 2.00 bits per heavy atom. The lowest BCUT2D eigenvalue weighted by molar-refractivity contribution is 0.215. The van der Waals surface area contributed by atoms with Crippen LogP contribution in [-0.4, -0.2) is 49.8 Å². The molecule has 30 heavy (non-hydrogen) atoms. The van der Waals surface area contributed by atoms with E-state index in [-0.39, 0.29) is 11.5 Å². The first-order valence-corrected chi connectivity index (χ1v) is 10.1. The minimum absolute atomic E-state index is 0.0815. The van der Waals surface area contributed by atoms with Crippen LogP contribution in [0.25, 0.3) is 17.1 Å². The van der Waals surface area contributed by atoms with Crippen LogP contribution >= 0.6 is 0 Å². The van der Waals surface area contributed by atoms with Gasteiger partial charge in [-0.2, -0.15) is 0 Å². The first kappa shape index (κ1) is 19.8. The lowest BCUT2D eigenvalue weighted by Gasteiger charge is -2.38. The van der Waals surface area contributed by atoms with Gasteiger partial charge in [-0.25, -0.2) is 4.68 Å². The van der Waals surface area contributed by atoms with E-state index in [0.29, 0.717) is 23.0 Å². The second kappa shape index (κ2) is 8.49. The van der Waals surface area contributed by atoms with Crippen molar-refractivity contribution in [3.05, 3.63) is 60.8 Å². The molecule has 1 atom stereocenters. The number of likely N-dealkylation sites (tertiary alicyclic amines) is 1. The summed E-state index contributed by atoms with van der Waals surface area (Å²) in [5.41, 5.74) is 2.14. The molecule has 156 valence electrons. The molecule has 7 heteroatoms. The van der Waals surface area contributed by atoms with E-state index in [1.54, 1.807) is 10.9 Å². The summed E-state index contributed by atoms with van der Waals surface area (Å²) in [5, 5.41) is 28.5. The van der Waals surface area contributed by atoms with Gasteiger partial charge in [-0.3, -0.25) is 0 Å². The predicted molar refractivity (Wildman–Crippen MR) is 115 cm³/mol. The SMILES string of the molecule is C=C(N1CCCCC1Cc1ccccc1)n1cc(-c2c(O)cc(O)cc2OC)nn1. The molecule has 1 aromatic heterocycles. The fourth-order valence-electron chi connectivity index (χ4n) is 4.08. The highest BCUT2D eigenvalue weighted by Crippen LogP contribution is 2.40. The molecule has 2 aromatic carbocycles. The average molecular weight is 406 g/mol. The summed E-state index contributed by atoms with van der Waals surface area (Å²) in [6, 6.07) is 13.5. The molecule has 0 bridgehead atoms. The van der Waals surface area contributed by atoms with E-state index >= 15 is 0 Å². The molecule has 2 heterocycles. The third kappa shape index (κ3) is 3.96. The van der Waals surface area contributed by atoms with Crippen LogP contribution in [0.15, 0.2) is 55.2 Å². The number of hydrogen-bond acceptors (Lipinski definition) is 6. The molecule has 1 unspecified atom stereocenters. The maximum absolute atomic E-state index is 10.3. The van der Waals surface area contributed by atoms with Gasteiger partial charge >= 0.3 is 0 Å². The van der Waals surface area contributed by atoms with Gasteiger partial charge in [0.1, 0.15) is 28.8 Å². The average Bonchev–Trinajstić information content (AvgIpc) is 3.23. The van der Waals surface area contributed by atoms with Crippen LogP contribution in [0.5, 0.6) is 17.2 Å². The number of aromatic hydroxyl groups is 2. The first-order chi connectivity index (χ1) is 14.6. The Morgan fingerprint density at radius 3 is 2.77 bits per heavy atom. The molecular weight excluding hydrogens is 380 g/mol. The smallest absolute Gasteiger partial charge is 0.135 e. The lowest BCUT2D eigenvalue weighted by Crippen LogP contribution is -2.40. The van der Waals surface area contributed by atoms with Crippen molar-refractivity contribution in [2.45, 2.75) is 31.7 Å². The highest BCUT2D eigenvalue weighted by atomic mass is 16.5. The molecule has 2 N–H and O–H groups in total. The van der Waals surface area contributed by atoms with E-state index in [4.69, 9.17) is 4.74 Å². The van der Waals surface area contributed by atoms with Gasteiger partial charge in [0.05, 0.1) is 18.9 Å². The number of benzene rings is 2. The van der Waals surface area contributed by atoms with Crippen LogP contribution in [0.1, 0.15) is 24.8 Å². The Balaban J connectivity index is 1.59. The zero-order valence-electron chi connectivity index (χ0n) is 17.0. The largest absolute Gasteiger partial charge is 0.508 e. The molecule has 1 fully saturated rings. The second-order valence-electron chi connectivity index (χ2n) is 7.54. The number of hydrogen-bond donors (Lipinski definition) is 2. The Morgan fingerprint density at radius 1 is 1.20 bits per heavy atom. The number of nitrogens with zero attached hydrogens (tertiary/aromatic N) is 4. The van der Waals surface area contributed by atoms with Crippen LogP contribution < -0.4 is 4.74 Å². The number of phenolic OH excluding ortho intramolecular Hbond substituents is 2. The topological polar surface area (TPSA) is 83.6 Å². The van der Waals surface area contributed by atoms with Gasteiger partial charge < -0.3 is 19.8 Å². The van der Waals surface area contributed by atoms with E-state index in [1.807, 2.05) is 6.07 Å². The van der Waals surface area contributed by atoms with E-state index in [0.717, 1.165) is 31.6 Å². The summed E-state index contributed by atoms with van der Waals surface area (Å²) in [6.45, 7) is 5.20. The van der Waals surface area contributed by atoms with Gasteiger partial charge in [-0.15, -0.1) is 5.10 Å². The molecule has 4 rings (SSSR count). The van der Waals surface area contributed by atoms with Crippen LogP contribution in [-0.2, 0) is 6.42 Å². The van der Waals surface area contributed by atoms with Crippen molar-refractivity contribution in [3.63, 3.8) is 0 Å². The minimum Gasteiger partial charge on any atom is -0.508 e. The Hall–Kier alpha value is -3.48. The molecule has 1 aliphatic rings. The molecule has 0 spiro atoms. The van der Waals surface area contributed by atoms with Gasteiger partial charge in [0.15, 0.2) is 0 Å². The van der Waals surface area contributed by atoms with Crippen LogP contribution in [0.4, 0.5) is 0 Å². The molecule has 1 saturated heterocycles. The highest BCUT2D eigenvalue weighted by molar-refractivity contribution is 5.75. The second-order valence-corrected chi connectivity index (χ2v) is 7.54. The minimum atomic E-state index is -0.121. The van der Waals surface area contributed by atoms with Crippen molar-refractivity contribution < 1.29 is 14.9 Å². The number of rotatable bonds is 6. The van der Waals surface area contributed by atoms with Crippen LogP contribution in [0, 0.1) is 0 Å². The molecule has 0 amide bonds. The first-order valence-electron chi connectivity index (χ1n) is 10.1. The summed E-state index contributed by atoms with van der Waals surface area (Å²) in [6.07, 6.45) is 6.09. The van der Waals surface area contributed by atoms with Crippen molar-refractivity contribution in [1.82, 2.24) is 19.9 Å². The van der Waals surface area contributed by atoms with Gasteiger partial charge in [0.2, 0.25) is 0 Å². The quantitative estimate of drug-likeness (QED) is 0.646. The number of piperidine rings is 1. The summed E-state index contributed by atoms with van der Waals surface area (Å²) in [7, 11) is 1.48.